The number of fused-ring (bicyclic) bond motifs is 2. The Kier molecular flexibility index (Phi) is 16.5. The minimum atomic E-state index is -0.338. The predicted octanol–water partition coefficient (Wildman–Crippen LogP) is 8.09. The molecule has 4 atom stereocenters. The summed E-state index contributed by atoms with van der Waals surface area (Å²) in [5.74, 6) is 5.33. The lowest BCUT2D eigenvalue weighted by Gasteiger charge is -2.46. The third kappa shape index (κ3) is 11.2. The molecule has 0 radical (unpaired) electrons. The van der Waals surface area contributed by atoms with Crippen LogP contribution in [-0.4, -0.2) is 124 Å². The van der Waals surface area contributed by atoms with E-state index in [4.69, 9.17) is 42.6 Å². The van der Waals surface area contributed by atoms with Gasteiger partial charge in [-0.1, -0.05) is 12.1 Å². The van der Waals surface area contributed by atoms with Crippen molar-refractivity contribution in [1.82, 2.24) is 0 Å². The zero-order chi connectivity index (χ0) is 46.7. The Morgan fingerprint density at radius 1 is 0.492 bits per heavy atom. The molecular formula is C52H70N2O11+2. The molecule has 13 nitrogen and oxygen atoms in total. The summed E-state index contributed by atoms with van der Waals surface area (Å²) in [7, 11) is 17.8. The van der Waals surface area contributed by atoms with Gasteiger partial charge in [-0.2, -0.15) is 0 Å². The second-order valence-electron chi connectivity index (χ2n) is 17.7. The van der Waals surface area contributed by atoms with Crippen molar-refractivity contribution in [2.24, 2.45) is 0 Å². The Morgan fingerprint density at radius 2 is 0.892 bits per heavy atom. The van der Waals surface area contributed by atoms with Gasteiger partial charge in [-0.3, -0.25) is 9.59 Å². The molecule has 0 N–H and O–H groups in total. The lowest BCUT2D eigenvalue weighted by atomic mass is 9.86. The normalized spacial score (nSPS) is 19.8. The molecule has 0 saturated heterocycles. The number of rotatable bonds is 23. The molecule has 2 aliphatic rings. The SMILES string of the molecule is COc1ccc(C[C@@H]2c3cc(OC)c(OC)cc3CC[N@@+]2(C)CCCOC(=O)CCC(=O)CCC[N@+]2(C)CCc3cc(OC)c(OC)cc3[C@H]2Cc2ccc(OC)c(OC)c2)cc1OC. The first-order chi connectivity index (χ1) is 31.4. The van der Waals surface area contributed by atoms with Crippen LogP contribution in [-0.2, 0) is 40.0 Å². The van der Waals surface area contributed by atoms with Crippen molar-refractivity contribution in [1.29, 1.82) is 0 Å². The first-order valence-corrected chi connectivity index (χ1v) is 22.6. The number of ketones is 1. The van der Waals surface area contributed by atoms with E-state index in [2.05, 4.69) is 50.5 Å². The van der Waals surface area contributed by atoms with Crippen LogP contribution in [0.3, 0.4) is 0 Å². The molecule has 6 rings (SSSR count). The number of Topliss-reactive ketones (excluding diaryl/α,β-unsaturated/α-hetero) is 1. The quantitative estimate of drug-likeness (QED) is 0.0409. The molecule has 65 heavy (non-hydrogen) atoms. The second-order valence-corrected chi connectivity index (χ2v) is 17.7. The van der Waals surface area contributed by atoms with Crippen molar-refractivity contribution >= 4 is 11.8 Å². The third-order valence-electron chi connectivity index (χ3n) is 13.9. The highest BCUT2D eigenvalue weighted by Crippen LogP contribution is 2.45. The first kappa shape index (κ1) is 48.8. The largest absolute Gasteiger partial charge is 0.493 e. The maximum absolute atomic E-state index is 13.3. The van der Waals surface area contributed by atoms with Crippen molar-refractivity contribution in [2.75, 3.05) is 104 Å². The van der Waals surface area contributed by atoms with Crippen molar-refractivity contribution in [3.63, 3.8) is 0 Å². The number of quaternary nitrogens is 2. The van der Waals surface area contributed by atoms with E-state index in [1.54, 1.807) is 56.9 Å². The highest BCUT2D eigenvalue weighted by atomic mass is 16.5. The number of ether oxygens (including phenoxy) is 9. The van der Waals surface area contributed by atoms with Gasteiger partial charge in [0.2, 0.25) is 0 Å². The molecule has 0 aromatic heterocycles. The molecule has 0 amide bonds. The molecule has 13 heteroatoms. The smallest absolute Gasteiger partial charge is 0.306 e. The molecule has 2 heterocycles. The van der Waals surface area contributed by atoms with Gasteiger partial charge < -0.3 is 51.6 Å². The molecule has 4 aromatic carbocycles. The van der Waals surface area contributed by atoms with E-state index in [1.807, 2.05) is 24.3 Å². The zero-order valence-corrected chi connectivity index (χ0v) is 40.2. The number of hydrogen-bond acceptors (Lipinski definition) is 11. The van der Waals surface area contributed by atoms with E-state index in [9.17, 15) is 9.59 Å². The average molecular weight is 899 g/mol. The lowest BCUT2D eigenvalue weighted by Crippen LogP contribution is -2.52. The maximum Gasteiger partial charge on any atom is 0.306 e. The summed E-state index contributed by atoms with van der Waals surface area (Å²) in [6.45, 7) is 3.71. The van der Waals surface area contributed by atoms with Crippen molar-refractivity contribution in [3.05, 3.63) is 94.0 Å². The molecule has 0 saturated carbocycles. The Labute approximate surface area is 385 Å². The molecule has 2 aliphatic heterocycles. The predicted molar refractivity (Wildman–Crippen MR) is 249 cm³/mol. The van der Waals surface area contributed by atoms with E-state index < -0.39 is 0 Å². The number of likely N-dealkylation sites (N-methyl/N-ethyl adjacent to an activating group) is 2. The summed E-state index contributed by atoms with van der Waals surface area (Å²) in [6.07, 6.45) is 5.31. The molecule has 352 valence electrons. The highest BCUT2D eigenvalue weighted by molar-refractivity contribution is 5.82. The fourth-order valence-electron chi connectivity index (χ4n) is 10.0. The maximum atomic E-state index is 13.3. The van der Waals surface area contributed by atoms with E-state index in [0.29, 0.717) is 53.8 Å². The number of methoxy groups -OCH3 is 8. The van der Waals surface area contributed by atoms with Crippen LogP contribution in [0.15, 0.2) is 60.7 Å². The zero-order valence-electron chi connectivity index (χ0n) is 40.2. The van der Waals surface area contributed by atoms with Crippen LogP contribution < -0.4 is 37.9 Å². The van der Waals surface area contributed by atoms with Gasteiger partial charge in [-0.15, -0.1) is 0 Å². The molecular weight excluding hydrogens is 829 g/mol. The van der Waals surface area contributed by atoms with Crippen LogP contribution in [0.4, 0.5) is 0 Å². The van der Waals surface area contributed by atoms with Gasteiger partial charge in [-0.05, 0) is 70.8 Å². The summed E-state index contributed by atoms with van der Waals surface area (Å²) in [5.41, 5.74) is 7.18. The molecule has 0 unspecified atom stereocenters. The monoisotopic (exact) mass is 898 g/mol. The number of esters is 1. The van der Waals surface area contributed by atoms with Gasteiger partial charge in [-0.25, -0.2) is 0 Å². The Bertz CT molecular complexity index is 2280. The minimum Gasteiger partial charge on any atom is -0.493 e. The van der Waals surface area contributed by atoms with E-state index >= 15 is 0 Å². The molecule has 0 spiro atoms. The standard InChI is InChI=1S/C52H70N2O11/c1-53(24-20-37-31-48(61-7)50(63-9)33-40(37)42(53)27-35-14-17-44(57-3)46(29-35)59-5)22-11-13-39(55)16-19-52(56)65-26-12-23-54(2)25-21-38-32-49(62-8)51(64-10)34-41(38)43(54)28-36-15-18-45(58-4)47(30-36)60-6/h14-15,17-18,29-34,42-43H,11-13,16,19-28H2,1-10H3/q+2/t42-,43-,53-,54-/m1/s1. The van der Waals surface area contributed by atoms with Crippen molar-refractivity contribution < 1.29 is 61.2 Å². The van der Waals surface area contributed by atoms with Crippen molar-refractivity contribution in [2.45, 2.75) is 69.9 Å². The van der Waals surface area contributed by atoms with Crippen LogP contribution in [0.1, 0.15) is 77.6 Å². The minimum absolute atomic E-state index is 0.0731. The van der Waals surface area contributed by atoms with Gasteiger partial charge >= 0.3 is 5.97 Å². The summed E-state index contributed by atoms with van der Waals surface area (Å²) in [6, 6.07) is 20.8. The van der Waals surface area contributed by atoms with Gasteiger partial charge in [0, 0.05) is 62.5 Å². The topological polar surface area (TPSA) is 117 Å². The molecule has 0 bridgehead atoms. The number of benzene rings is 4. The Balaban J connectivity index is 1.04. The van der Waals surface area contributed by atoms with Crippen LogP contribution in [0.5, 0.6) is 46.0 Å². The summed E-state index contributed by atoms with van der Waals surface area (Å²) < 4.78 is 52.4. The van der Waals surface area contributed by atoms with Crippen LogP contribution >= 0.6 is 0 Å². The van der Waals surface area contributed by atoms with Gasteiger partial charge in [0.25, 0.3) is 0 Å². The van der Waals surface area contributed by atoms with E-state index in [0.717, 1.165) is 83.5 Å². The van der Waals surface area contributed by atoms with Crippen molar-refractivity contribution in [3.8, 4) is 46.0 Å². The van der Waals surface area contributed by atoms with Gasteiger partial charge in [0.05, 0.1) is 110 Å². The van der Waals surface area contributed by atoms with Gasteiger partial charge in [0.15, 0.2) is 46.0 Å². The Hall–Kier alpha value is -5.66. The van der Waals surface area contributed by atoms with Crippen LogP contribution in [0, 0.1) is 0 Å². The fourth-order valence-corrected chi connectivity index (χ4v) is 10.0. The molecule has 0 aliphatic carbocycles. The van der Waals surface area contributed by atoms with Crippen LogP contribution in [0.2, 0.25) is 0 Å². The molecule has 4 aromatic rings. The van der Waals surface area contributed by atoms with E-state index in [1.165, 1.54) is 22.3 Å². The highest BCUT2D eigenvalue weighted by Gasteiger charge is 2.41. The number of nitrogens with zero attached hydrogens (tertiary/aromatic N) is 2. The summed E-state index contributed by atoms with van der Waals surface area (Å²) >= 11 is 0. The first-order valence-electron chi connectivity index (χ1n) is 22.6. The number of carbonyl (C=O) groups excluding carboxylic acids is 2. The van der Waals surface area contributed by atoms with Gasteiger partial charge in [0.1, 0.15) is 17.9 Å². The number of hydrogen-bond donors (Lipinski definition) is 0. The lowest BCUT2D eigenvalue weighted by molar-refractivity contribution is -0.941. The Morgan fingerprint density at radius 3 is 1.32 bits per heavy atom. The van der Waals surface area contributed by atoms with Crippen LogP contribution in [0.25, 0.3) is 0 Å². The second kappa shape index (κ2) is 22.0. The average Bonchev–Trinajstić information content (AvgIpc) is 3.33. The number of carbonyl (C=O) groups is 2. The third-order valence-corrected chi connectivity index (χ3v) is 13.9. The fraction of sp³-hybridized carbons (Fsp3) is 0.500. The molecule has 0 fully saturated rings. The summed E-state index contributed by atoms with van der Waals surface area (Å²) in [5, 5.41) is 0. The summed E-state index contributed by atoms with van der Waals surface area (Å²) in [4.78, 5) is 26.3. The van der Waals surface area contributed by atoms with E-state index in [-0.39, 0.29) is 43.3 Å².